The second-order valence-corrected chi connectivity index (χ2v) is 2.84. The van der Waals surface area contributed by atoms with Crippen LogP contribution in [0, 0.1) is 0 Å². The molecule has 0 aliphatic carbocycles. The minimum atomic E-state index is -5.17. The van der Waals surface area contributed by atoms with Crippen molar-refractivity contribution in [2.75, 3.05) is 0 Å². The van der Waals surface area contributed by atoms with E-state index in [0.717, 1.165) is 6.92 Å². The summed E-state index contributed by atoms with van der Waals surface area (Å²) in [6.07, 6.45) is 0.850. The maximum atomic E-state index is 9.49. The Labute approximate surface area is 87.1 Å². The molecule has 0 radical (unpaired) electrons. The van der Waals surface area contributed by atoms with Crippen molar-refractivity contribution in [3.8, 4) is 0 Å². The van der Waals surface area contributed by atoms with Gasteiger partial charge >= 0.3 is 0 Å². The van der Waals surface area contributed by atoms with E-state index in [9.17, 15) is 9.90 Å². The topological polar surface area (TPSA) is 161 Å². The van der Waals surface area contributed by atoms with Crippen LogP contribution in [0.15, 0.2) is 0 Å². The summed E-state index contributed by atoms with van der Waals surface area (Å²) < 4.78 is 34.1. The molecule has 0 spiro atoms. The highest BCUT2D eigenvalue weighted by atomic mass is 32.3. The lowest BCUT2D eigenvalue weighted by Gasteiger charge is -2.06. The number of hydrogen-bond acceptors (Lipinski definition) is 8. The second-order valence-electron chi connectivity index (χ2n) is 2.02. The average molecular weight is 242 g/mol. The Hall–Kier alpha value is -1.19. The molecule has 0 aromatic rings. The molecule has 8 nitrogen and oxygen atoms in total. The molecule has 0 rings (SSSR count). The van der Waals surface area contributed by atoms with E-state index in [1.54, 1.807) is 6.92 Å². The van der Waals surface area contributed by atoms with Gasteiger partial charge in [-0.2, -0.15) is 0 Å². The van der Waals surface area contributed by atoms with Crippen LogP contribution in [0.2, 0.25) is 0 Å². The molecule has 0 aromatic heterocycles. The predicted molar refractivity (Wildman–Crippen MR) is 41.1 cm³/mol. The van der Waals surface area contributed by atoms with Gasteiger partial charge in [0, 0.05) is 22.3 Å². The van der Waals surface area contributed by atoms with Crippen LogP contribution in [0.1, 0.15) is 26.7 Å². The van der Waals surface area contributed by atoms with Crippen LogP contribution >= 0.6 is 0 Å². The molecule has 0 heterocycles. The Kier molecular flexibility index (Phi) is 14.1. The minimum Gasteiger partial charge on any atom is -0.759 e. The average Bonchev–Trinajstić information content (AvgIpc) is 1.79. The largest absolute Gasteiger partial charge is 0.759 e. The number of carbonyl (C=O) groups excluding carboxylic acids is 2. The Morgan fingerprint density at radius 3 is 1.33 bits per heavy atom. The first-order valence-electron chi connectivity index (χ1n) is 3.54. The molecular formula is C6H10O8S-4. The molecule has 0 N–H and O–H groups in total. The summed E-state index contributed by atoms with van der Waals surface area (Å²) in [6, 6.07) is 0. The highest BCUT2D eigenvalue weighted by Crippen LogP contribution is 1.79. The lowest BCUT2D eigenvalue weighted by Crippen LogP contribution is -2.20. The Bertz CT molecular complexity index is 255. The zero-order valence-corrected chi connectivity index (χ0v) is 8.90. The molecule has 0 saturated carbocycles. The quantitative estimate of drug-likeness (QED) is 0.364. The molecule has 0 unspecified atom stereocenters. The number of aliphatic carboxylic acids is 2. The van der Waals surface area contributed by atoms with Gasteiger partial charge in [0.05, 0.1) is 0 Å². The maximum absolute atomic E-state index is 9.49. The zero-order chi connectivity index (χ0) is 13.1. The van der Waals surface area contributed by atoms with Crippen LogP contribution in [-0.2, 0) is 20.0 Å². The molecule has 0 aliphatic heterocycles. The maximum Gasteiger partial charge on any atom is 0.0414 e. The fraction of sp³-hybridized carbons (Fsp3) is 0.667. The zero-order valence-electron chi connectivity index (χ0n) is 8.09. The molecule has 0 bridgehead atoms. The second kappa shape index (κ2) is 10.9. The third kappa shape index (κ3) is 457. The van der Waals surface area contributed by atoms with Crippen molar-refractivity contribution in [3.05, 3.63) is 0 Å². The fourth-order valence-corrected chi connectivity index (χ4v) is 0.204. The number of rotatable bonds is 2. The lowest BCUT2D eigenvalue weighted by atomic mass is 10.4. The van der Waals surface area contributed by atoms with Gasteiger partial charge in [0.1, 0.15) is 0 Å². The van der Waals surface area contributed by atoms with Crippen LogP contribution in [0.4, 0.5) is 0 Å². The Balaban J connectivity index is -0.000000147. The van der Waals surface area contributed by atoms with E-state index in [1.165, 1.54) is 0 Å². The predicted octanol–water partition coefficient (Wildman–Crippen LogP) is -3.05. The number of carbonyl (C=O) groups is 2. The summed E-state index contributed by atoms with van der Waals surface area (Å²) in [5.74, 6) is -2.04. The standard InChI is InChI=1S/C4H8O2.C2H4O2.H2O4S/c1-2-3-4(5)6;1-2(3)4;1-5(2,3)4/h2-3H2,1H3,(H,5,6);1H3,(H,3,4);(H2,1,2,3,4)/p-4. The van der Waals surface area contributed by atoms with Crippen molar-refractivity contribution in [1.82, 2.24) is 0 Å². The van der Waals surface area contributed by atoms with Crippen molar-refractivity contribution < 1.29 is 37.3 Å². The molecule has 0 fully saturated rings. The first kappa shape index (κ1) is 19.4. The summed E-state index contributed by atoms with van der Waals surface area (Å²) in [7, 11) is -5.17. The van der Waals surface area contributed by atoms with E-state index in [-0.39, 0.29) is 6.42 Å². The normalized spacial score (nSPS) is 8.80. The van der Waals surface area contributed by atoms with Crippen LogP contribution in [-0.4, -0.2) is 29.5 Å². The van der Waals surface area contributed by atoms with Crippen molar-refractivity contribution in [3.63, 3.8) is 0 Å². The molecule has 92 valence electrons. The molecule has 15 heavy (non-hydrogen) atoms. The molecule has 0 aromatic carbocycles. The first-order valence-corrected chi connectivity index (χ1v) is 4.88. The highest BCUT2D eigenvalue weighted by molar-refractivity contribution is 7.79. The minimum absolute atomic E-state index is 0.181. The Morgan fingerprint density at radius 2 is 1.33 bits per heavy atom. The highest BCUT2D eigenvalue weighted by Gasteiger charge is 1.75. The summed E-state index contributed by atoms with van der Waals surface area (Å²) in [5.41, 5.74) is 0. The summed E-state index contributed by atoms with van der Waals surface area (Å²) in [4.78, 5) is 18.4. The molecule has 9 heteroatoms. The van der Waals surface area contributed by atoms with Gasteiger partial charge in [0.25, 0.3) is 0 Å². The van der Waals surface area contributed by atoms with Crippen LogP contribution in [0.25, 0.3) is 0 Å². The van der Waals surface area contributed by atoms with Gasteiger partial charge in [-0.05, 0) is 13.3 Å². The molecule has 0 atom stereocenters. The first-order chi connectivity index (χ1) is 6.50. The van der Waals surface area contributed by atoms with Crippen LogP contribution < -0.4 is 10.2 Å². The van der Waals surface area contributed by atoms with Gasteiger partial charge in [-0.15, -0.1) is 0 Å². The monoisotopic (exact) mass is 242 g/mol. The van der Waals surface area contributed by atoms with E-state index in [1.807, 2.05) is 0 Å². The van der Waals surface area contributed by atoms with Gasteiger partial charge < -0.3 is 28.9 Å². The molecule has 0 amide bonds. The summed E-state index contributed by atoms with van der Waals surface area (Å²) >= 11 is 0. The van der Waals surface area contributed by atoms with Crippen LogP contribution in [0.5, 0.6) is 0 Å². The number of carboxylic acid groups (broad SMARTS) is 2. The van der Waals surface area contributed by atoms with E-state index in [2.05, 4.69) is 0 Å². The molecule has 0 aliphatic rings. The third-order valence-corrected chi connectivity index (χ3v) is 0.454. The Morgan fingerprint density at radius 1 is 1.13 bits per heavy atom. The van der Waals surface area contributed by atoms with Gasteiger partial charge in [-0.1, -0.05) is 13.3 Å². The summed E-state index contributed by atoms with van der Waals surface area (Å²) in [5, 5.41) is 18.4. The van der Waals surface area contributed by atoms with Crippen molar-refractivity contribution >= 4 is 22.3 Å². The van der Waals surface area contributed by atoms with E-state index in [0.29, 0.717) is 6.42 Å². The van der Waals surface area contributed by atoms with E-state index < -0.39 is 22.3 Å². The van der Waals surface area contributed by atoms with Crippen molar-refractivity contribution in [2.24, 2.45) is 0 Å². The van der Waals surface area contributed by atoms with Gasteiger partial charge in [-0.25, -0.2) is 0 Å². The third-order valence-electron chi connectivity index (χ3n) is 0.454. The molecule has 0 saturated heterocycles. The summed E-state index contributed by atoms with van der Waals surface area (Å²) in [6.45, 7) is 2.77. The van der Waals surface area contributed by atoms with Gasteiger partial charge in [-0.3, -0.25) is 8.42 Å². The fourth-order valence-electron chi connectivity index (χ4n) is 0.204. The SMILES string of the molecule is CC(=O)[O-].CCCC(=O)[O-].O=S(=O)([O-])[O-]. The number of hydrogen-bond donors (Lipinski definition) is 0. The van der Waals surface area contributed by atoms with Crippen molar-refractivity contribution in [2.45, 2.75) is 26.7 Å². The lowest BCUT2D eigenvalue weighted by molar-refractivity contribution is -0.306. The van der Waals surface area contributed by atoms with E-state index in [4.69, 9.17) is 27.4 Å². The van der Waals surface area contributed by atoms with Gasteiger partial charge in [0.2, 0.25) is 0 Å². The number of carboxylic acids is 2. The molecular weight excluding hydrogens is 232 g/mol. The van der Waals surface area contributed by atoms with Crippen LogP contribution in [0.3, 0.4) is 0 Å². The van der Waals surface area contributed by atoms with E-state index >= 15 is 0 Å². The van der Waals surface area contributed by atoms with Gasteiger partial charge in [0.15, 0.2) is 0 Å². The van der Waals surface area contributed by atoms with Crippen molar-refractivity contribution in [1.29, 1.82) is 0 Å². The smallest absolute Gasteiger partial charge is 0.0414 e.